The molecule has 21 heavy (non-hydrogen) atoms. The zero-order chi connectivity index (χ0) is 15.1. The highest BCUT2D eigenvalue weighted by molar-refractivity contribution is 9.10. The zero-order valence-electron chi connectivity index (χ0n) is 11.5. The van der Waals surface area contributed by atoms with Gasteiger partial charge in [-0.1, -0.05) is 22.9 Å². The standard InChI is InChI=1S/C15H15BrFNO2S/c1-14(4-5-14)15(19,13-7-18-9-21-13)8-20-12-3-2-10(16)6-11(12)17/h2-3,6-7,9,19H,4-5,8H2,1H3. The lowest BCUT2D eigenvalue weighted by molar-refractivity contribution is -0.0645. The van der Waals surface area contributed by atoms with Gasteiger partial charge in [-0.25, -0.2) is 4.39 Å². The number of halogens is 2. The summed E-state index contributed by atoms with van der Waals surface area (Å²) >= 11 is 4.60. The number of rotatable bonds is 5. The van der Waals surface area contributed by atoms with Gasteiger partial charge in [0.25, 0.3) is 0 Å². The Morgan fingerprint density at radius 2 is 2.29 bits per heavy atom. The van der Waals surface area contributed by atoms with E-state index in [0.29, 0.717) is 4.47 Å². The van der Waals surface area contributed by atoms with Crippen molar-refractivity contribution >= 4 is 27.3 Å². The van der Waals surface area contributed by atoms with Gasteiger partial charge in [0.15, 0.2) is 11.6 Å². The van der Waals surface area contributed by atoms with Gasteiger partial charge in [-0.05, 0) is 31.0 Å². The Hall–Kier alpha value is -0.980. The number of benzene rings is 1. The predicted octanol–water partition coefficient (Wildman–Crippen LogP) is 4.11. The molecule has 0 bridgehead atoms. The number of aliphatic hydroxyl groups is 1. The van der Waals surface area contributed by atoms with E-state index in [0.717, 1.165) is 17.7 Å². The Balaban J connectivity index is 1.83. The van der Waals surface area contributed by atoms with Crippen molar-refractivity contribution in [3.63, 3.8) is 0 Å². The van der Waals surface area contributed by atoms with Crippen molar-refractivity contribution in [2.45, 2.75) is 25.4 Å². The van der Waals surface area contributed by atoms with E-state index < -0.39 is 11.4 Å². The Kier molecular flexibility index (Phi) is 3.80. The van der Waals surface area contributed by atoms with Crippen LogP contribution in [0.3, 0.4) is 0 Å². The smallest absolute Gasteiger partial charge is 0.166 e. The molecule has 1 aliphatic carbocycles. The monoisotopic (exact) mass is 371 g/mol. The van der Waals surface area contributed by atoms with Crippen molar-refractivity contribution in [1.82, 2.24) is 4.98 Å². The molecule has 2 aromatic rings. The van der Waals surface area contributed by atoms with E-state index in [1.807, 2.05) is 6.92 Å². The molecule has 3 rings (SSSR count). The summed E-state index contributed by atoms with van der Waals surface area (Å²) in [6, 6.07) is 4.62. The van der Waals surface area contributed by atoms with Crippen molar-refractivity contribution in [2.24, 2.45) is 5.41 Å². The lowest BCUT2D eigenvalue weighted by atomic mass is 9.85. The van der Waals surface area contributed by atoms with Crippen molar-refractivity contribution in [2.75, 3.05) is 6.61 Å². The molecule has 0 saturated heterocycles. The van der Waals surface area contributed by atoms with E-state index in [4.69, 9.17) is 4.74 Å². The summed E-state index contributed by atoms with van der Waals surface area (Å²) in [6.45, 7) is 2.04. The van der Waals surface area contributed by atoms with Crippen LogP contribution in [-0.2, 0) is 5.60 Å². The molecule has 112 valence electrons. The molecule has 1 fully saturated rings. The lowest BCUT2D eigenvalue weighted by Crippen LogP contribution is -2.40. The van der Waals surface area contributed by atoms with Gasteiger partial charge in [0.05, 0.1) is 10.4 Å². The van der Waals surface area contributed by atoms with Crippen molar-refractivity contribution in [3.8, 4) is 5.75 Å². The van der Waals surface area contributed by atoms with Gasteiger partial charge in [0, 0.05) is 16.1 Å². The van der Waals surface area contributed by atoms with Gasteiger partial charge < -0.3 is 9.84 Å². The average molecular weight is 372 g/mol. The number of aromatic nitrogens is 1. The van der Waals surface area contributed by atoms with Gasteiger partial charge in [-0.3, -0.25) is 4.98 Å². The van der Waals surface area contributed by atoms with Gasteiger partial charge in [-0.15, -0.1) is 11.3 Å². The van der Waals surface area contributed by atoms with E-state index in [1.165, 1.54) is 17.4 Å². The molecule has 3 nitrogen and oxygen atoms in total. The molecular weight excluding hydrogens is 357 g/mol. The second-order valence-corrected chi connectivity index (χ2v) is 7.45. The SMILES string of the molecule is CC1(C(O)(COc2ccc(Br)cc2F)c2cncs2)CC1. The fourth-order valence-electron chi connectivity index (χ4n) is 2.34. The second kappa shape index (κ2) is 5.34. The molecule has 1 saturated carbocycles. The molecule has 0 aliphatic heterocycles. The number of nitrogens with zero attached hydrogens (tertiary/aromatic N) is 1. The molecule has 0 spiro atoms. The Morgan fingerprint density at radius 3 is 2.86 bits per heavy atom. The van der Waals surface area contributed by atoms with Crippen LogP contribution in [0.4, 0.5) is 4.39 Å². The molecule has 1 heterocycles. The minimum Gasteiger partial charge on any atom is -0.487 e. The van der Waals surface area contributed by atoms with Gasteiger partial charge >= 0.3 is 0 Å². The molecule has 1 unspecified atom stereocenters. The zero-order valence-corrected chi connectivity index (χ0v) is 13.9. The normalized spacial score (nSPS) is 19.0. The molecule has 1 aromatic carbocycles. The van der Waals surface area contributed by atoms with E-state index in [9.17, 15) is 9.50 Å². The fourth-order valence-corrected chi connectivity index (χ4v) is 3.53. The van der Waals surface area contributed by atoms with Gasteiger partial charge in [0.1, 0.15) is 12.2 Å². The molecule has 1 atom stereocenters. The topological polar surface area (TPSA) is 42.4 Å². The number of hydrogen-bond donors (Lipinski definition) is 1. The summed E-state index contributed by atoms with van der Waals surface area (Å²) in [5.41, 5.74) is 0.325. The van der Waals surface area contributed by atoms with Gasteiger partial charge in [-0.2, -0.15) is 0 Å². The summed E-state index contributed by atoms with van der Waals surface area (Å²) in [4.78, 5) is 4.80. The second-order valence-electron chi connectivity index (χ2n) is 5.65. The first-order valence-corrected chi connectivity index (χ1v) is 8.31. The molecule has 1 aliphatic rings. The average Bonchev–Trinajstić information content (AvgIpc) is 2.99. The van der Waals surface area contributed by atoms with Crippen LogP contribution < -0.4 is 4.74 Å². The van der Waals surface area contributed by atoms with Gasteiger partial charge in [0.2, 0.25) is 0 Å². The number of hydrogen-bond acceptors (Lipinski definition) is 4. The molecular formula is C15H15BrFNO2S. The van der Waals surface area contributed by atoms with Crippen LogP contribution in [0.5, 0.6) is 5.75 Å². The predicted molar refractivity (Wildman–Crippen MR) is 82.9 cm³/mol. The maximum Gasteiger partial charge on any atom is 0.166 e. The summed E-state index contributed by atoms with van der Waals surface area (Å²) in [5.74, 6) is -0.303. The third-order valence-corrected chi connectivity index (χ3v) is 5.59. The highest BCUT2D eigenvalue weighted by Gasteiger charge is 2.57. The molecule has 1 N–H and O–H groups in total. The van der Waals surface area contributed by atoms with E-state index >= 15 is 0 Å². The summed E-state index contributed by atoms with van der Waals surface area (Å²) < 4.78 is 20.1. The van der Waals surface area contributed by atoms with Crippen LogP contribution in [0.1, 0.15) is 24.6 Å². The Morgan fingerprint density at radius 1 is 1.52 bits per heavy atom. The maximum absolute atomic E-state index is 13.8. The Bertz CT molecular complexity index is 645. The first-order valence-electron chi connectivity index (χ1n) is 6.64. The largest absolute Gasteiger partial charge is 0.487 e. The minimum atomic E-state index is -1.13. The molecule has 0 radical (unpaired) electrons. The van der Waals surface area contributed by atoms with E-state index in [-0.39, 0.29) is 17.8 Å². The van der Waals surface area contributed by atoms with Crippen LogP contribution in [-0.4, -0.2) is 16.7 Å². The fraction of sp³-hybridized carbons (Fsp3) is 0.400. The van der Waals surface area contributed by atoms with Crippen LogP contribution in [0.2, 0.25) is 0 Å². The molecule has 1 aromatic heterocycles. The van der Waals surface area contributed by atoms with Crippen molar-refractivity contribution < 1.29 is 14.2 Å². The minimum absolute atomic E-state index is 0.0181. The number of ether oxygens (including phenoxy) is 1. The maximum atomic E-state index is 13.8. The van der Waals surface area contributed by atoms with Crippen LogP contribution in [0, 0.1) is 11.2 Å². The highest BCUT2D eigenvalue weighted by atomic mass is 79.9. The van der Waals surface area contributed by atoms with Crippen LogP contribution in [0.15, 0.2) is 34.4 Å². The van der Waals surface area contributed by atoms with Crippen molar-refractivity contribution in [1.29, 1.82) is 0 Å². The molecule has 0 amide bonds. The van der Waals surface area contributed by atoms with Crippen LogP contribution >= 0.6 is 27.3 Å². The summed E-state index contributed by atoms with van der Waals surface area (Å²) in [6.07, 6.45) is 3.51. The first kappa shape index (κ1) is 14.9. The summed E-state index contributed by atoms with van der Waals surface area (Å²) in [5, 5.41) is 11.1. The van der Waals surface area contributed by atoms with E-state index in [1.54, 1.807) is 23.8 Å². The third kappa shape index (κ3) is 2.72. The quantitative estimate of drug-likeness (QED) is 0.859. The third-order valence-electron chi connectivity index (χ3n) is 4.17. The van der Waals surface area contributed by atoms with Crippen molar-refractivity contribution in [3.05, 3.63) is 45.1 Å². The number of thiazole rings is 1. The lowest BCUT2D eigenvalue weighted by Gasteiger charge is -2.33. The highest BCUT2D eigenvalue weighted by Crippen LogP contribution is 2.58. The summed E-state index contributed by atoms with van der Waals surface area (Å²) in [7, 11) is 0. The molecule has 6 heteroatoms. The van der Waals surface area contributed by atoms with Crippen LogP contribution in [0.25, 0.3) is 0 Å². The Labute approximate surface area is 134 Å². The van der Waals surface area contributed by atoms with E-state index in [2.05, 4.69) is 20.9 Å². The first-order chi connectivity index (χ1) is 9.95.